The van der Waals surface area contributed by atoms with Gasteiger partial charge in [0.25, 0.3) is 0 Å². The molecular weight excluding hydrogens is 394 g/mol. The van der Waals surface area contributed by atoms with E-state index in [4.69, 9.17) is 5.73 Å². The van der Waals surface area contributed by atoms with Crippen molar-refractivity contribution in [2.24, 2.45) is 5.73 Å². The average Bonchev–Trinajstić information content (AvgIpc) is 2.78. The number of hydrogen-bond acceptors (Lipinski definition) is 5. The predicted octanol–water partition coefficient (Wildman–Crippen LogP) is 2.27. The maximum atomic E-state index is 12.9. The molecule has 3 heterocycles. The number of pyridine rings is 1. The van der Waals surface area contributed by atoms with Crippen LogP contribution in [0.5, 0.6) is 0 Å². The van der Waals surface area contributed by atoms with Crippen LogP contribution in [0.3, 0.4) is 0 Å². The number of likely N-dealkylation sites (tertiary alicyclic amines) is 1. The van der Waals surface area contributed by atoms with Crippen LogP contribution < -0.4 is 16.4 Å². The molecule has 0 bridgehead atoms. The monoisotopic (exact) mass is 423 g/mol. The Hall–Kier alpha value is -3.42. The Bertz CT molecular complexity index is 950. The van der Waals surface area contributed by atoms with Crippen molar-refractivity contribution in [3.05, 3.63) is 59.6 Å². The minimum Gasteiger partial charge on any atom is -0.385 e. The Morgan fingerprint density at radius 1 is 1.29 bits per heavy atom. The lowest BCUT2D eigenvalue weighted by Crippen LogP contribution is -2.48. The number of nitrogens with zero attached hydrogens (tertiary/aromatic N) is 2. The van der Waals surface area contributed by atoms with Gasteiger partial charge in [0.2, 0.25) is 5.91 Å². The van der Waals surface area contributed by atoms with E-state index < -0.39 is 17.7 Å². The summed E-state index contributed by atoms with van der Waals surface area (Å²) < 4.78 is 0. The van der Waals surface area contributed by atoms with Crippen LogP contribution in [0.4, 0.5) is 5.69 Å². The van der Waals surface area contributed by atoms with E-state index in [0.717, 1.165) is 49.9 Å². The van der Waals surface area contributed by atoms with Crippen LogP contribution in [0.15, 0.2) is 54.0 Å². The van der Waals surface area contributed by atoms with Crippen LogP contribution in [0.1, 0.15) is 49.4 Å². The van der Waals surface area contributed by atoms with Gasteiger partial charge in [-0.25, -0.2) is 0 Å². The van der Waals surface area contributed by atoms with Gasteiger partial charge in [0.05, 0.1) is 23.5 Å². The first kappa shape index (κ1) is 22.3. The molecule has 1 aromatic heterocycles. The number of carbonyl (C=O) groups is 3. The summed E-state index contributed by atoms with van der Waals surface area (Å²) in [5.74, 6) is -2.07. The number of hydrogen-bond donors (Lipinski definition) is 3. The minimum absolute atomic E-state index is 0.153. The lowest BCUT2D eigenvalue weighted by Gasteiger charge is -2.35. The van der Waals surface area contributed by atoms with E-state index in [-0.39, 0.29) is 17.3 Å². The van der Waals surface area contributed by atoms with Crippen molar-refractivity contribution < 1.29 is 14.4 Å². The highest BCUT2D eigenvalue weighted by Crippen LogP contribution is 2.24. The van der Waals surface area contributed by atoms with Crippen LogP contribution in [-0.4, -0.2) is 46.7 Å². The fourth-order valence-corrected chi connectivity index (χ4v) is 3.88. The van der Waals surface area contributed by atoms with Gasteiger partial charge in [-0.3, -0.25) is 19.4 Å². The zero-order valence-corrected chi connectivity index (χ0v) is 17.8. The van der Waals surface area contributed by atoms with E-state index in [1.165, 1.54) is 24.0 Å². The van der Waals surface area contributed by atoms with Crippen molar-refractivity contribution in [1.29, 1.82) is 0 Å². The largest absolute Gasteiger partial charge is 0.385 e. The van der Waals surface area contributed by atoms with Crippen LogP contribution in [0, 0.1) is 0 Å². The fourth-order valence-electron chi connectivity index (χ4n) is 3.88. The lowest BCUT2D eigenvalue weighted by atomic mass is 9.95. The van der Waals surface area contributed by atoms with E-state index in [1.807, 2.05) is 12.2 Å². The smallest absolute Gasteiger partial charge is 0.313 e. The van der Waals surface area contributed by atoms with Gasteiger partial charge in [-0.1, -0.05) is 18.2 Å². The lowest BCUT2D eigenvalue weighted by molar-refractivity contribution is -0.145. The van der Waals surface area contributed by atoms with Crippen LogP contribution in [0.2, 0.25) is 0 Å². The van der Waals surface area contributed by atoms with Crippen LogP contribution in [-0.2, 0) is 9.59 Å². The molecule has 1 saturated heterocycles. The van der Waals surface area contributed by atoms with Gasteiger partial charge < -0.3 is 21.3 Å². The Balaban J connectivity index is 1.69. The summed E-state index contributed by atoms with van der Waals surface area (Å²) >= 11 is 0. The third-order valence-corrected chi connectivity index (χ3v) is 5.63. The molecule has 0 saturated carbocycles. The number of allylic oxidation sites excluding steroid dienone is 2. The molecule has 3 rings (SSSR count). The number of aromatic nitrogens is 1. The summed E-state index contributed by atoms with van der Waals surface area (Å²) in [6.45, 7) is 7.72. The Morgan fingerprint density at radius 2 is 2.10 bits per heavy atom. The quantitative estimate of drug-likeness (QED) is 0.496. The highest BCUT2D eigenvalue weighted by atomic mass is 16.2. The third-order valence-electron chi connectivity index (χ3n) is 5.63. The van der Waals surface area contributed by atoms with Gasteiger partial charge in [-0.05, 0) is 56.7 Å². The first-order valence-corrected chi connectivity index (χ1v) is 10.5. The number of nitrogens with two attached hydrogens (primary N) is 1. The predicted molar refractivity (Wildman–Crippen MR) is 119 cm³/mol. The second-order valence-corrected chi connectivity index (χ2v) is 7.92. The molecule has 4 N–H and O–H groups in total. The van der Waals surface area contributed by atoms with Gasteiger partial charge in [0, 0.05) is 25.0 Å². The van der Waals surface area contributed by atoms with Crippen LogP contribution in [0.25, 0.3) is 0 Å². The Kier molecular flexibility index (Phi) is 7.23. The van der Waals surface area contributed by atoms with Gasteiger partial charge in [0.15, 0.2) is 0 Å². The summed E-state index contributed by atoms with van der Waals surface area (Å²) in [6, 6.07) is 1.16. The van der Waals surface area contributed by atoms with Gasteiger partial charge in [0.1, 0.15) is 0 Å². The number of anilines is 1. The number of rotatable bonds is 5. The normalized spacial score (nSPS) is 19.1. The highest BCUT2D eigenvalue weighted by molar-refractivity contribution is 6.39. The van der Waals surface area contributed by atoms with Crippen molar-refractivity contribution in [1.82, 2.24) is 15.2 Å². The summed E-state index contributed by atoms with van der Waals surface area (Å²) in [7, 11) is 0. The number of nitrogens with one attached hydrogen (secondary N) is 2. The molecule has 0 radical (unpaired) electrons. The second kappa shape index (κ2) is 10.1. The maximum absolute atomic E-state index is 12.9. The Labute approximate surface area is 182 Å². The molecule has 8 nitrogen and oxygen atoms in total. The topological polar surface area (TPSA) is 117 Å². The molecule has 0 aliphatic carbocycles. The molecule has 0 spiro atoms. The molecule has 1 atom stereocenters. The number of piperidine rings is 1. The molecular formula is C23H29N5O3. The first-order valence-electron chi connectivity index (χ1n) is 10.5. The molecule has 8 heteroatoms. The fraction of sp³-hybridized carbons (Fsp3) is 0.391. The third kappa shape index (κ3) is 5.59. The van der Waals surface area contributed by atoms with E-state index in [9.17, 15) is 14.4 Å². The van der Waals surface area contributed by atoms with Gasteiger partial charge >= 0.3 is 11.8 Å². The SMILES string of the molecule is C=C(/C=C\C1=C(C)CCCN1)[C@@H]1CCCCN1C(=O)C(=O)Nc1cncc(C(N)=O)c1. The number of amides is 3. The summed E-state index contributed by atoms with van der Waals surface area (Å²) in [6.07, 6.45) is 11.4. The summed E-state index contributed by atoms with van der Waals surface area (Å²) in [5.41, 5.74) is 8.84. The standard InChI is InChI=1S/C23H29N5O3/c1-15-6-5-10-26-19(15)9-8-16(2)20-7-3-4-11-28(20)23(31)22(30)27-18-12-17(21(24)29)13-25-14-18/h8-9,12-14,20,26H,2-7,10-11H2,1H3,(H2,24,29)(H,27,30)/b9-8-/t20-/m0/s1. The Morgan fingerprint density at radius 3 is 2.84 bits per heavy atom. The first-order chi connectivity index (χ1) is 14.9. The van der Waals surface area contributed by atoms with E-state index in [1.54, 1.807) is 4.90 Å². The van der Waals surface area contributed by atoms with E-state index >= 15 is 0 Å². The van der Waals surface area contributed by atoms with Crippen molar-refractivity contribution in [2.75, 3.05) is 18.4 Å². The highest BCUT2D eigenvalue weighted by Gasteiger charge is 2.31. The molecule has 2 aliphatic rings. The van der Waals surface area contributed by atoms with Crippen molar-refractivity contribution in [2.45, 2.75) is 45.1 Å². The second-order valence-electron chi connectivity index (χ2n) is 7.92. The van der Waals surface area contributed by atoms with Crippen LogP contribution >= 0.6 is 0 Å². The molecule has 2 aliphatic heterocycles. The molecule has 1 fully saturated rings. The van der Waals surface area contributed by atoms with Crippen molar-refractivity contribution in [3.8, 4) is 0 Å². The average molecular weight is 424 g/mol. The molecule has 1 aromatic rings. The number of primary amides is 1. The number of carbonyl (C=O) groups excluding carboxylic acids is 3. The summed E-state index contributed by atoms with van der Waals surface area (Å²) in [4.78, 5) is 42.3. The minimum atomic E-state index is -0.778. The van der Waals surface area contributed by atoms with Crippen molar-refractivity contribution >= 4 is 23.4 Å². The van der Waals surface area contributed by atoms with Gasteiger partial charge in [-0.15, -0.1) is 0 Å². The molecule has 0 aromatic carbocycles. The summed E-state index contributed by atoms with van der Waals surface area (Å²) in [5, 5.41) is 5.91. The van der Waals surface area contributed by atoms with E-state index in [2.05, 4.69) is 29.1 Å². The molecule has 0 unspecified atom stereocenters. The molecule has 164 valence electrons. The van der Waals surface area contributed by atoms with E-state index in [0.29, 0.717) is 6.54 Å². The molecule has 31 heavy (non-hydrogen) atoms. The zero-order chi connectivity index (χ0) is 22.4. The van der Waals surface area contributed by atoms with Gasteiger partial charge in [-0.2, -0.15) is 0 Å². The zero-order valence-electron chi connectivity index (χ0n) is 17.8. The maximum Gasteiger partial charge on any atom is 0.313 e. The molecule has 3 amide bonds. The van der Waals surface area contributed by atoms with Crippen molar-refractivity contribution in [3.63, 3.8) is 0 Å².